The number of fused-ring (bicyclic) bond motifs is 1. The summed E-state index contributed by atoms with van der Waals surface area (Å²) in [5.74, 6) is 0.474. The van der Waals surface area contributed by atoms with Gasteiger partial charge in [-0.25, -0.2) is 9.31 Å². The summed E-state index contributed by atoms with van der Waals surface area (Å²) in [7, 11) is 0. The Morgan fingerprint density at radius 3 is 2.87 bits per heavy atom. The first-order valence-corrected chi connectivity index (χ1v) is 8.29. The predicted molar refractivity (Wildman–Crippen MR) is 82.9 cm³/mol. The highest BCUT2D eigenvalue weighted by Gasteiger charge is 2.29. The van der Waals surface area contributed by atoms with Crippen molar-refractivity contribution in [2.24, 2.45) is 5.92 Å². The maximum absolute atomic E-state index is 12.2. The van der Waals surface area contributed by atoms with Crippen LogP contribution in [0.25, 0.3) is 0 Å². The highest BCUT2D eigenvalue weighted by Crippen LogP contribution is 2.21. The molecule has 0 atom stereocenters. The highest BCUT2D eigenvalue weighted by molar-refractivity contribution is 5.20. The van der Waals surface area contributed by atoms with Crippen LogP contribution in [0.15, 0.2) is 15.5 Å². The van der Waals surface area contributed by atoms with E-state index in [0.717, 1.165) is 55.1 Å². The summed E-state index contributed by atoms with van der Waals surface area (Å²) in [5, 5.41) is 12.3. The lowest BCUT2D eigenvalue weighted by Gasteiger charge is -2.38. The lowest BCUT2D eigenvalue weighted by Crippen LogP contribution is -2.49. The third-order valence-corrected chi connectivity index (χ3v) is 4.86. The first-order valence-electron chi connectivity index (χ1n) is 8.29. The number of nitrogens with zero attached hydrogens (tertiary/aromatic N) is 5. The van der Waals surface area contributed by atoms with Gasteiger partial charge in [0.25, 0.3) is 5.56 Å². The second kappa shape index (κ2) is 5.88. The molecule has 0 bridgehead atoms. The number of aromatic nitrogens is 4. The van der Waals surface area contributed by atoms with Gasteiger partial charge in [0.05, 0.1) is 12.2 Å². The van der Waals surface area contributed by atoms with Gasteiger partial charge in [-0.3, -0.25) is 9.69 Å². The summed E-state index contributed by atoms with van der Waals surface area (Å²) in [5.41, 5.74) is 4.06. The van der Waals surface area contributed by atoms with Gasteiger partial charge in [-0.2, -0.15) is 5.10 Å². The number of likely N-dealkylation sites (tertiary alicyclic amines) is 1. The van der Waals surface area contributed by atoms with Crippen molar-refractivity contribution < 1.29 is 4.63 Å². The standard InChI is InChI=1S/C16H21N5O2/c1-11-15(19-23-18-11)10-20-7-12(8-20)9-21-16(22)6-13-4-2-3-5-14(13)17-21/h6,12H,2-5,7-10H2,1H3. The first kappa shape index (κ1) is 14.6. The van der Waals surface area contributed by atoms with E-state index in [-0.39, 0.29) is 5.56 Å². The van der Waals surface area contributed by atoms with E-state index in [9.17, 15) is 4.79 Å². The second-order valence-electron chi connectivity index (χ2n) is 6.70. The Hall–Kier alpha value is -2.02. The van der Waals surface area contributed by atoms with Crippen molar-refractivity contribution >= 4 is 0 Å². The SMILES string of the molecule is Cc1nonc1CN1CC(Cn2nc3c(cc2=O)CCCC3)C1. The molecule has 0 unspecified atom stereocenters. The van der Waals surface area contributed by atoms with Crippen molar-refractivity contribution in [2.45, 2.75) is 45.7 Å². The van der Waals surface area contributed by atoms with E-state index in [1.54, 1.807) is 10.7 Å². The quantitative estimate of drug-likeness (QED) is 0.836. The molecule has 0 spiro atoms. The maximum atomic E-state index is 12.2. The molecule has 1 fully saturated rings. The number of rotatable bonds is 4. The van der Waals surface area contributed by atoms with Crippen LogP contribution in [0, 0.1) is 12.8 Å². The van der Waals surface area contributed by atoms with E-state index in [1.165, 1.54) is 12.8 Å². The fourth-order valence-corrected chi connectivity index (χ4v) is 3.50. The van der Waals surface area contributed by atoms with E-state index in [4.69, 9.17) is 4.63 Å². The predicted octanol–water partition coefficient (Wildman–Crippen LogP) is 0.946. The van der Waals surface area contributed by atoms with Crippen LogP contribution < -0.4 is 5.56 Å². The zero-order valence-corrected chi connectivity index (χ0v) is 13.4. The summed E-state index contributed by atoms with van der Waals surface area (Å²) in [6.45, 7) is 5.28. The fraction of sp³-hybridized carbons (Fsp3) is 0.625. The number of hydrogen-bond acceptors (Lipinski definition) is 6. The molecule has 1 aliphatic heterocycles. The molecule has 3 heterocycles. The van der Waals surface area contributed by atoms with E-state index in [0.29, 0.717) is 12.5 Å². The van der Waals surface area contributed by atoms with Crippen LogP contribution in [0.2, 0.25) is 0 Å². The van der Waals surface area contributed by atoms with Gasteiger partial charge in [0, 0.05) is 31.6 Å². The molecule has 0 aromatic carbocycles. The van der Waals surface area contributed by atoms with Gasteiger partial charge in [-0.05, 0) is 38.2 Å². The minimum atomic E-state index is 0.0423. The Bertz CT molecular complexity index is 760. The van der Waals surface area contributed by atoms with Gasteiger partial charge in [-0.1, -0.05) is 10.3 Å². The van der Waals surface area contributed by atoms with Crippen molar-refractivity contribution in [3.05, 3.63) is 39.1 Å². The van der Waals surface area contributed by atoms with Crippen molar-refractivity contribution in [2.75, 3.05) is 13.1 Å². The molecule has 1 aliphatic carbocycles. The summed E-state index contributed by atoms with van der Waals surface area (Å²) in [4.78, 5) is 14.5. The normalized spacial score (nSPS) is 18.7. The van der Waals surface area contributed by atoms with Gasteiger partial charge < -0.3 is 0 Å². The van der Waals surface area contributed by atoms with Crippen LogP contribution in [0.5, 0.6) is 0 Å². The monoisotopic (exact) mass is 315 g/mol. The van der Waals surface area contributed by atoms with E-state index in [2.05, 4.69) is 20.3 Å². The molecule has 2 aromatic rings. The minimum Gasteiger partial charge on any atom is -0.297 e. The topological polar surface area (TPSA) is 77.1 Å². The zero-order valence-electron chi connectivity index (χ0n) is 13.4. The van der Waals surface area contributed by atoms with Gasteiger partial charge >= 0.3 is 0 Å². The summed E-state index contributed by atoms with van der Waals surface area (Å²) in [6.07, 6.45) is 4.36. The van der Waals surface area contributed by atoms with E-state index < -0.39 is 0 Å². The Morgan fingerprint density at radius 2 is 2.09 bits per heavy atom. The largest absolute Gasteiger partial charge is 0.297 e. The van der Waals surface area contributed by atoms with Crippen LogP contribution in [0.1, 0.15) is 35.5 Å². The van der Waals surface area contributed by atoms with Crippen LogP contribution >= 0.6 is 0 Å². The lowest BCUT2D eigenvalue weighted by atomic mass is 9.96. The van der Waals surface area contributed by atoms with E-state index in [1.807, 2.05) is 6.92 Å². The first-order chi connectivity index (χ1) is 11.2. The molecule has 23 heavy (non-hydrogen) atoms. The van der Waals surface area contributed by atoms with Crippen molar-refractivity contribution in [3.8, 4) is 0 Å². The van der Waals surface area contributed by atoms with Gasteiger partial charge in [0.2, 0.25) is 0 Å². The second-order valence-corrected chi connectivity index (χ2v) is 6.70. The van der Waals surface area contributed by atoms with Crippen molar-refractivity contribution in [3.63, 3.8) is 0 Å². The average Bonchev–Trinajstić information content (AvgIpc) is 2.90. The Kier molecular flexibility index (Phi) is 3.72. The third-order valence-electron chi connectivity index (χ3n) is 4.86. The highest BCUT2D eigenvalue weighted by atomic mass is 16.6. The Morgan fingerprint density at radius 1 is 1.26 bits per heavy atom. The average molecular weight is 315 g/mol. The zero-order chi connectivity index (χ0) is 15.8. The molecule has 0 radical (unpaired) electrons. The number of hydrogen-bond donors (Lipinski definition) is 0. The Balaban J connectivity index is 1.37. The van der Waals surface area contributed by atoms with Gasteiger partial charge in [0.1, 0.15) is 11.4 Å². The Labute approximate surface area is 134 Å². The molecular weight excluding hydrogens is 294 g/mol. The summed E-state index contributed by atoms with van der Waals surface area (Å²) < 4.78 is 6.39. The van der Waals surface area contributed by atoms with Gasteiger partial charge in [0.15, 0.2) is 0 Å². The summed E-state index contributed by atoms with van der Waals surface area (Å²) in [6, 6.07) is 1.79. The molecule has 2 aliphatic rings. The molecule has 7 nitrogen and oxygen atoms in total. The molecule has 7 heteroatoms. The fourth-order valence-electron chi connectivity index (χ4n) is 3.50. The van der Waals surface area contributed by atoms with Crippen molar-refractivity contribution in [1.82, 2.24) is 25.0 Å². The van der Waals surface area contributed by atoms with E-state index >= 15 is 0 Å². The third kappa shape index (κ3) is 2.93. The lowest BCUT2D eigenvalue weighted by molar-refractivity contribution is 0.0738. The van der Waals surface area contributed by atoms with Crippen molar-refractivity contribution in [1.29, 1.82) is 0 Å². The molecular formula is C16H21N5O2. The smallest absolute Gasteiger partial charge is 0.267 e. The molecule has 0 saturated carbocycles. The van der Waals surface area contributed by atoms with Gasteiger partial charge in [-0.15, -0.1) is 0 Å². The van der Waals surface area contributed by atoms with Crippen LogP contribution in [0.3, 0.4) is 0 Å². The minimum absolute atomic E-state index is 0.0423. The molecule has 2 aromatic heterocycles. The molecule has 4 rings (SSSR count). The summed E-state index contributed by atoms with van der Waals surface area (Å²) >= 11 is 0. The maximum Gasteiger partial charge on any atom is 0.267 e. The molecule has 0 N–H and O–H groups in total. The van der Waals surface area contributed by atoms with Crippen LogP contribution in [0.4, 0.5) is 0 Å². The van der Waals surface area contributed by atoms with Crippen LogP contribution in [-0.4, -0.2) is 38.1 Å². The number of aryl methyl sites for hydroxylation is 3. The van der Waals surface area contributed by atoms with Crippen LogP contribution in [-0.2, 0) is 25.9 Å². The molecule has 1 saturated heterocycles. The molecule has 0 amide bonds. The molecule has 122 valence electrons.